The number of nitrogens with zero attached hydrogens (tertiary/aromatic N) is 5. The van der Waals surface area contributed by atoms with Crippen molar-refractivity contribution in [1.82, 2.24) is 24.6 Å². The molecule has 2 N–H and O–H groups in total. The monoisotopic (exact) mass is 395 g/mol. The molecule has 0 saturated carbocycles. The van der Waals surface area contributed by atoms with E-state index in [-0.39, 0.29) is 0 Å². The Kier molecular flexibility index (Phi) is 5.53. The molecule has 1 saturated heterocycles. The first kappa shape index (κ1) is 19.4. The quantitative estimate of drug-likeness (QED) is 0.661. The molecule has 0 amide bonds. The molecule has 4 rings (SSSR count). The topological polar surface area (TPSA) is 83.4 Å². The minimum Gasteiger partial charge on any atom is -0.378 e. The van der Waals surface area contributed by atoms with E-state index in [9.17, 15) is 0 Å². The zero-order chi connectivity index (χ0) is 20.4. The van der Waals surface area contributed by atoms with Crippen LogP contribution in [-0.2, 0) is 4.74 Å². The van der Waals surface area contributed by atoms with Crippen LogP contribution in [0.15, 0.2) is 29.9 Å². The van der Waals surface area contributed by atoms with Crippen LogP contribution in [0.3, 0.4) is 0 Å². The molecule has 29 heavy (non-hydrogen) atoms. The second-order valence-corrected chi connectivity index (χ2v) is 7.62. The Morgan fingerprint density at radius 3 is 2.72 bits per heavy atom. The molecule has 1 fully saturated rings. The normalized spacial score (nSPS) is 14.4. The molecule has 1 aliphatic heterocycles. The summed E-state index contributed by atoms with van der Waals surface area (Å²) in [4.78, 5) is 14.5. The molecule has 0 unspecified atom stereocenters. The van der Waals surface area contributed by atoms with Crippen molar-refractivity contribution in [3.8, 4) is 11.3 Å². The number of ether oxygens (including phenoxy) is 1. The van der Waals surface area contributed by atoms with Crippen LogP contribution in [0.5, 0.6) is 0 Å². The average molecular weight is 396 g/mol. The molecule has 0 atom stereocenters. The maximum absolute atomic E-state index is 5.52. The van der Waals surface area contributed by atoms with Crippen molar-refractivity contribution in [3.63, 3.8) is 0 Å². The minimum absolute atomic E-state index is 0.714. The maximum atomic E-state index is 5.52. The lowest BCUT2D eigenvalue weighted by molar-refractivity contribution is 0.122. The van der Waals surface area contributed by atoms with Crippen LogP contribution >= 0.6 is 0 Å². The Morgan fingerprint density at radius 1 is 1.28 bits per heavy atom. The van der Waals surface area contributed by atoms with Crippen LogP contribution in [0.1, 0.15) is 39.3 Å². The SMILES string of the molecule is CCCC(Nc1c(C)nc2c(-c3cnc[nH]3)cc(N3CCOCC3)nn12)=C(C)C. The summed E-state index contributed by atoms with van der Waals surface area (Å²) in [5.41, 5.74) is 6.16. The third kappa shape index (κ3) is 3.85. The molecule has 3 aromatic heterocycles. The van der Waals surface area contributed by atoms with Gasteiger partial charge in [0, 0.05) is 24.4 Å². The molecule has 4 heterocycles. The van der Waals surface area contributed by atoms with E-state index in [4.69, 9.17) is 14.8 Å². The molecule has 8 nitrogen and oxygen atoms in total. The molecule has 8 heteroatoms. The van der Waals surface area contributed by atoms with Gasteiger partial charge in [-0.3, -0.25) is 0 Å². The zero-order valence-corrected chi connectivity index (χ0v) is 17.6. The van der Waals surface area contributed by atoms with Crippen molar-refractivity contribution in [2.75, 3.05) is 36.5 Å². The van der Waals surface area contributed by atoms with E-state index in [0.29, 0.717) is 13.2 Å². The number of hydrogen-bond donors (Lipinski definition) is 2. The van der Waals surface area contributed by atoms with Gasteiger partial charge in [0.1, 0.15) is 0 Å². The molecule has 0 radical (unpaired) electrons. The highest BCUT2D eigenvalue weighted by Gasteiger charge is 2.21. The molecule has 0 bridgehead atoms. The van der Waals surface area contributed by atoms with Crippen molar-refractivity contribution in [2.45, 2.75) is 40.5 Å². The summed E-state index contributed by atoms with van der Waals surface area (Å²) < 4.78 is 7.46. The molecular formula is C21H29N7O. The van der Waals surface area contributed by atoms with Crippen molar-refractivity contribution in [1.29, 1.82) is 0 Å². The standard InChI is InChI=1S/C21H29N7O/c1-5-6-17(14(2)3)25-20-15(4)24-21-16(18-12-22-13-23-18)11-19(26-28(20)21)27-7-9-29-10-8-27/h11-13,25H,5-10H2,1-4H3,(H,22,23). The van der Waals surface area contributed by atoms with Gasteiger partial charge in [-0.15, -0.1) is 5.10 Å². The van der Waals surface area contributed by atoms with Crippen molar-refractivity contribution in [2.24, 2.45) is 0 Å². The second kappa shape index (κ2) is 8.24. The number of morpholine rings is 1. The van der Waals surface area contributed by atoms with Crippen LogP contribution in [0.4, 0.5) is 11.6 Å². The van der Waals surface area contributed by atoms with Crippen LogP contribution < -0.4 is 10.2 Å². The van der Waals surface area contributed by atoms with Crippen molar-refractivity contribution in [3.05, 3.63) is 35.6 Å². The second-order valence-electron chi connectivity index (χ2n) is 7.62. The summed E-state index contributed by atoms with van der Waals surface area (Å²) >= 11 is 0. The van der Waals surface area contributed by atoms with Crippen LogP contribution in [0.25, 0.3) is 16.9 Å². The summed E-state index contributed by atoms with van der Waals surface area (Å²) in [5, 5.41) is 8.59. The van der Waals surface area contributed by atoms with E-state index >= 15 is 0 Å². The number of aryl methyl sites for hydroxylation is 1. The number of aromatic nitrogens is 5. The third-order valence-corrected chi connectivity index (χ3v) is 5.24. The fourth-order valence-corrected chi connectivity index (χ4v) is 3.64. The van der Waals surface area contributed by atoms with Gasteiger partial charge in [0.25, 0.3) is 0 Å². The van der Waals surface area contributed by atoms with E-state index in [0.717, 1.165) is 60.2 Å². The number of rotatable bonds is 6. The molecule has 0 spiro atoms. The number of allylic oxidation sites excluding steroid dienone is 2. The molecule has 1 aliphatic rings. The number of H-pyrrole nitrogens is 1. The number of fused-ring (bicyclic) bond motifs is 1. The molecule has 0 aliphatic carbocycles. The van der Waals surface area contributed by atoms with Gasteiger partial charge in [0.15, 0.2) is 17.3 Å². The summed E-state index contributed by atoms with van der Waals surface area (Å²) in [6.45, 7) is 11.6. The lowest BCUT2D eigenvalue weighted by Gasteiger charge is -2.28. The van der Waals surface area contributed by atoms with E-state index in [1.807, 2.05) is 17.6 Å². The highest BCUT2D eigenvalue weighted by Crippen LogP contribution is 2.30. The maximum Gasteiger partial charge on any atom is 0.165 e. The Hall–Kier alpha value is -2.87. The van der Waals surface area contributed by atoms with E-state index in [1.165, 1.54) is 11.3 Å². The van der Waals surface area contributed by atoms with Crippen LogP contribution in [0, 0.1) is 6.92 Å². The lowest BCUT2D eigenvalue weighted by Crippen LogP contribution is -2.37. The first-order valence-corrected chi connectivity index (χ1v) is 10.2. The predicted molar refractivity (Wildman–Crippen MR) is 115 cm³/mol. The van der Waals surface area contributed by atoms with Crippen molar-refractivity contribution < 1.29 is 4.74 Å². The fourth-order valence-electron chi connectivity index (χ4n) is 3.64. The number of anilines is 2. The number of aromatic amines is 1. The van der Waals surface area contributed by atoms with Gasteiger partial charge >= 0.3 is 0 Å². The molecule has 0 aromatic carbocycles. The Bertz CT molecular complexity index is 1010. The first-order chi connectivity index (χ1) is 14.1. The summed E-state index contributed by atoms with van der Waals surface area (Å²) in [6, 6.07) is 2.10. The van der Waals surface area contributed by atoms with E-state index < -0.39 is 0 Å². The third-order valence-electron chi connectivity index (χ3n) is 5.24. The highest BCUT2D eigenvalue weighted by molar-refractivity contribution is 5.79. The Balaban J connectivity index is 1.87. The molecular weight excluding hydrogens is 366 g/mol. The van der Waals surface area contributed by atoms with Crippen LogP contribution in [0.2, 0.25) is 0 Å². The zero-order valence-electron chi connectivity index (χ0n) is 17.6. The highest BCUT2D eigenvalue weighted by atomic mass is 16.5. The lowest BCUT2D eigenvalue weighted by atomic mass is 10.1. The first-order valence-electron chi connectivity index (χ1n) is 10.2. The van der Waals surface area contributed by atoms with Gasteiger partial charge in [-0.2, -0.15) is 4.52 Å². The van der Waals surface area contributed by atoms with Gasteiger partial charge in [-0.05, 0) is 33.3 Å². The number of hydrogen-bond acceptors (Lipinski definition) is 6. The summed E-state index contributed by atoms with van der Waals surface area (Å²) in [6.07, 6.45) is 5.59. The van der Waals surface area contributed by atoms with Gasteiger partial charge in [-0.25, -0.2) is 9.97 Å². The molecule has 3 aromatic rings. The largest absolute Gasteiger partial charge is 0.378 e. The average Bonchev–Trinajstić information content (AvgIpc) is 3.36. The van der Waals surface area contributed by atoms with E-state index in [1.54, 1.807) is 6.33 Å². The van der Waals surface area contributed by atoms with Crippen molar-refractivity contribution >= 4 is 17.3 Å². The van der Waals surface area contributed by atoms with E-state index in [2.05, 4.69) is 47.0 Å². The fraction of sp³-hybridized carbons (Fsp3) is 0.476. The van der Waals surface area contributed by atoms with Gasteiger partial charge in [0.2, 0.25) is 0 Å². The van der Waals surface area contributed by atoms with Gasteiger partial charge in [0.05, 0.1) is 37.1 Å². The van der Waals surface area contributed by atoms with Crippen LogP contribution in [-0.4, -0.2) is 50.9 Å². The predicted octanol–water partition coefficient (Wildman–Crippen LogP) is 3.77. The summed E-state index contributed by atoms with van der Waals surface area (Å²) in [7, 11) is 0. The Labute approximate surface area is 171 Å². The van der Waals surface area contributed by atoms with Gasteiger partial charge in [-0.1, -0.05) is 18.9 Å². The van der Waals surface area contributed by atoms with Gasteiger partial charge < -0.3 is 19.9 Å². The smallest absolute Gasteiger partial charge is 0.165 e. The minimum atomic E-state index is 0.714. The summed E-state index contributed by atoms with van der Waals surface area (Å²) in [5.74, 6) is 1.83. The number of imidazole rings is 2. The number of nitrogens with one attached hydrogen (secondary N) is 2. The Morgan fingerprint density at radius 2 is 2.07 bits per heavy atom. The molecule has 154 valence electrons.